The lowest BCUT2D eigenvalue weighted by molar-refractivity contribution is -0.167. The minimum Gasteiger partial charge on any atom is -0.481 e. The lowest BCUT2D eigenvalue weighted by Crippen LogP contribution is -2.51. The zero-order chi connectivity index (χ0) is 19.3. The molecule has 144 valence electrons. The second-order valence-electron chi connectivity index (χ2n) is 9.72. The van der Waals surface area contributed by atoms with Gasteiger partial charge in [0.1, 0.15) is 0 Å². The summed E-state index contributed by atoms with van der Waals surface area (Å²) in [7, 11) is 0. The van der Waals surface area contributed by atoms with E-state index in [0.717, 1.165) is 12.8 Å². The maximum Gasteiger partial charge on any atom is 0.309 e. The van der Waals surface area contributed by atoms with Gasteiger partial charge in [-0.15, -0.1) is 0 Å². The SMILES string of the molecule is C=C1[C@@H](O)[C@@]23CC1(O)CC[C@H]2[C@]1(C)CCC[C@@](C)(C(=O)O)[C@H]1[C@@H]3C(=O)O. The Balaban J connectivity index is 1.98. The van der Waals surface area contributed by atoms with Gasteiger partial charge in [-0.2, -0.15) is 0 Å². The van der Waals surface area contributed by atoms with Crippen molar-refractivity contribution < 1.29 is 30.0 Å². The molecular formula is C20H28O6. The van der Waals surface area contributed by atoms with Gasteiger partial charge in [0, 0.05) is 5.41 Å². The van der Waals surface area contributed by atoms with Gasteiger partial charge in [-0.25, -0.2) is 0 Å². The molecule has 6 heteroatoms. The van der Waals surface area contributed by atoms with Crippen LogP contribution in [-0.4, -0.2) is 44.1 Å². The number of hydrogen-bond donors (Lipinski definition) is 4. The lowest BCUT2D eigenvalue weighted by Gasteiger charge is -2.50. The number of aliphatic hydroxyl groups is 2. The summed E-state index contributed by atoms with van der Waals surface area (Å²) in [6.45, 7) is 7.59. The van der Waals surface area contributed by atoms with Crippen LogP contribution in [0.1, 0.15) is 52.4 Å². The van der Waals surface area contributed by atoms with Crippen molar-refractivity contribution in [1.29, 1.82) is 0 Å². The first-order chi connectivity index (χ1) is 11.9. The van der Waals surface area contributed by atoms with Crippen molar-refractivity contribution >= 4 is 11.9 Å². The van der Waals surface area contributed by atoms with Crippen molar-refractivity contribution in [3.63, 3.8) is 0 Å². The number of aliphatic hydroxyl groups excluding tert-OH is 1. The number of carboxylic acid groups (broad SMARTS) is 2. The fourth-order valence-electron chi connectivity index (χ4n) is 7.89. The highest BCUT2D eigenvalue weighted by atomic mass is 16.4. The Labute approximate surface area is 152 Å². The summed E-state index contributed by atoms with van der Waals surface area (Å²) in [5.74, 6) is -3.73. The van der Waals surface area contributed by atoms with Gasteiger partial charge >= 0.3 is 11.9 Å². The molecule has 6 nitrogen and oxygen atoms in total. The predicted molar refractivity (Wildman–Crippen MR) is 92.2 cm³/mol. The lowest BCUT2D eigenvalue weighted by atomic mass is 9.53. The molecular weight excluding hydrogens is 336 g/mol. The molecule has 8 atom stereocenters. The first-order valence-electron chi connectivity index (χ1n) is 9.51. The van der Waals surface area contributed by atoms with E-state index in [1.165, 1.54) is 0 Å². The summed E-state index contributed by atoms with van der Waals surface area (Å²) < 4.78 is 0. The van der Waals surface area contributed by atoms with E-state index in [2.05, 4.69) is 6.58 Å². The normalized spacial score (nSPS) is 55.3. The molecule has 0 saturated heterocycles. The van der Waals surface area contributed by atoms with E-state index in [4.69, 9.17) is 0 Å². The molecule has 0 aromatic heterocycles. The van der Waals surface area contributed by atoms with Crippen LogP contribution in [-0.2, 0) is 9.59 Å². The van der Waals surface area contributed by atoms with Crippen molar-refractivity contribution in [1.82, 2.24) is 0 Å². The highest BCUT2D eigenvalue weighted by Crippen LogP contribution is 2.78. The summed E-state index contributed by atoms with van der Waals surface area (Å²) in [6, 6.07) is 0. The standard InChI is InChI=1S/C20H28O6/c1-10-14(21)20-9-19(10,26)8-5-11(20)17(2)6-4-7-18(3,16(24)25)13(17)12(20)15(22)23/h11-14,21,26H,1,4-9H2,2-3H3,(H,22,23)(H,24,25)/t11-,12+,13-,14+,17-,18+,19?,20-/m0/s1. The van der Waals surface area contributed by atoms with Gasteiger partial charge in [0.15, 0.2) is 0 Å². The Hall–Kier alpha value is -1.40. The Morgan fingerprint density at radius 3 is 2.38 bits per heavy atom. The molecule has 4 rings (SSSR count). The van der Waals surface area contributed by atoms with Crippen LogP contribution in [0.2, 0.25) is 0 Å². The maximum atomic E-state index is 12.5. The maximum absolute atomic E-state index is 12.5. The molecule has 4 aliphatic rings. The monoisotopic (exact) mass is 364 g/mol. The predicted octanol–water partition coefficient (Wildman–Crippen LogP) is 2.05. The van der Waals surface area contributed by atoms with Gasteiger partial charge in [0.25, 0.3) is 0 Å². The smallest absolute Gasteiger partial charge is 0.309 e. The minimum atomic E-state index is -1.24. The van der Waals surface area contributed by atoms with Crippen molar-refractivity contribution in [2.45, 2.75) is 64.1 Å². The third kappa shape index (κ3) is 1.71. The molecule has 4 saturated carbocycles. The number of rotatable bonds is 2. The van der Waals surface area contributed by atoms with Gasteiger partial charge in [-0.05, 0) is 61.9 Å². The molecule has 0 heterocycles. The van der Waals surface area contributed by atoms with Crippen LogP contribution in [0.5, 0.6) is 0 Å². The quantitative estimate of drug-likeness (QED) is 0.558. The third-order valence-electron chi connectivity index (χ3n) is 8.80. The number of carbonyl (C=O) groups is 2. The zero-order valence-corrected chi connectivity index (χ0v) is 15.4. The van der Waals surface area contributed by atoms with Crippen LogP contribution >= 0.6 is 0 Å². The first-order valence-corrected chi connectivity index (χ1v) is 9.51. The molecule has 2 bridgehead atoms. The van der Waals surface area contributed by atoms with Crippen LogP contribution in [0.25, 0.3) is 0 Å². The second kappa shape index (κ2) is 4.90. The Kier molecular flexibility index (Phi) is 3.39. The summed E-state index contributed by atoms with van der Waals surface area (Å²) in [5, 5.41) is 42.3. The topological polar surface area (TPSA) is 115 Å². The third-order valence-corrected chi connectivity index (χ3v) is 8.80. The molecule has 0 aromatic rings. The van der Waals surface area contributed by atoms with Gasteiger partial charge in [0.05, 0.1) is 23.0 Å². The molecule has 4 fully saturated rings. The van der Waals surface area contributed by atoms with Crippen molar-refractivity contribution in [2.75, 3.05) is 0 Å². The van der Waals surface area contributed by atoms with E-state index in [-0.39, 0.29) is 12.3 Å². The van der Waals surface area contributed by atoms with Gasteiger partial charge in [-0.3, -0.25) is 9.59 Å². The molecule has 0 aliphatic heterocycles. The first kappa shape index (κ1) is 18.0. The largest absolute Gasteiger partial charge is 0.481 e. The average molecular weight is 364 g/mol. The fraction of sp³-hybridized carbons (Fsp3) is 0.800. The molecule has 4 N–H and O–H groups in total. The molecule has 1 unspecified atom stereocenters. The molecule has 0 aromatic carbocycles. The van der Waals surface area contributed by atoms with Crippen LogP contribution < -0.4 is 0 Å². The number of hydrogen-bond acceptors (Lipinski definition) is 4. The molecule has 0 amide bonds. The van der Waals surface area contributed by atoms with Crippen LogP contribution in [0.15, 0.2) is 12.2 Å². The van der Waals surface area contributed by atoms with Crippen molar-refractivity contribution in [3.05, 3.63) is 12.2 Å². The summed E-state index contributed by atoms with van der Waals surface area (Å²) >= 11 is 0. The van der Waals surface area contributed by atoms with Gasteiger partial charge in [0.2, 0.25) is 0 Å². The zero-order valence-electron chi connectivity index (χ0n) is 15.4. The van der Waals surface area contributed by atoms with Gasteiger partial charge < -0.3 is 20.4 Å². The van der Waals surface area contributed by atoms with Crippen molar-refractivity contribution in [3.8, 4) is 0 Å². The number of carboxylic acids is 2. The van der Waals surface area contributed by atoms with E-state index in [1.807, 2.05) is 6.92 Å². The Bertz CT molecular complexity index is 717. The minimum absolute atomic E-state index is 0.130. The van der Waals surface area contributed by atoms with Crippen LogP contribution in [0.4, 0.5) is 0 Å². The molecule has 4 aliphatic carbocycles. The molecule has 0 radical (unpaired) electrons. The summed E-state index contributed by atoms with van der Waals surface area (Å²) in [4.78, 5) is 24.7. The van der Waals surface area contributed by atoms with Crippen molar-refractivity contribution in [2.24, 2.45) is 34.0 Å². The molecule has 26 heavy (non-hydrogen) atoms. The highest BCUT2D eigenvalue weighted by Gasteiger charge is 2.79. The van der Waals surface area contributed by atoms with E-state index in [9.17, 15) is 30.0 Å². The Morgan fingerprint density at radius 2 is 1.81 bits per heavy atom. The summed E-state index contributed by atoms with van der Waals surface area (Å²) in [6.07, 6.45) is 2.04. The second-order valence-corrected chi connectivity index (χ2v) is 9.72. The summed E-state index contributed by atoms with van der Waals surface area (Å²) in [5.41, 5.74) is -3.60. The van der Waals surface area contributed by atoms with Gasteiger partial charge in [-0.1, -0.05) is 19.9 Å². The van der Waals surface area contributed by atoms with Crippen LogP contribution in [0.3, 0.4) is 0 Å². The van der Waals surface area contributed by atoms with E-state index in [1.54, 1.807) is 6.92 Å². The highest BCUT2D eigenvalue weighted by molar-refractivity contribution is 5.79. The van der Waals surface area contributed by atoms with E-state index in [0.29, 0.717) is 24.8 Å². The Morgan fingerprint density at radius 1 is 1.15 bits per heavy atom. The molecule has 1 spiro atoms. The number of fused-ring (bicyclic) bond motifs is 3. The fourth-order valence-corrected chi connectivity index (χ4v) is 7.89. The average Bonchev–Trinajstić information content (AvgIpc) is 2.87. The van der Waals surface area contributed by atoms with E-state index < -0.39 is 51.7 Å². The number of aliphatic carboxylic acids is 2. The van der Waals surface area contributed by atoms with Crippen LogP contribution in [0, 0.1) is 34.0 Å². The van der Waals surface area contributed by atoms with E-state index >= 15 is 0 Å².